The van der Waals surface area contributed by atoms with Crippen LogP contribution in [0.3, 0.4) is 0 Å². The number of aromatic carboxylic acids is 2. The highest BCUT2D eigenvalue weighted by molar-refractivity contribution is 9.10. The first-order chi connectivity index (χ1) is 8.43. The smallest absolute Gasteiger partial charge is 0.337 e. The van der Waals surface area contributed by atoms with Gasteiger partial charge in [-0.3, -0.25) is 0 Å². The third kappa shape index (κ3) is 1.95. The minimum absolute atomic E-state index is 0.0897. The van der Waals surface area contributed by atoms with Crippen molar-refractivity contribution in [3.63, 3.8) is 0 Å². The number of rotatable bonds is 2. The Bertz CT molecular complexity index is 681. The Balaban J connectivity index is 3.07. The van der Waals surface area contributed by atoms with E-state index >= 15 is 0 Å². The molecule has 2 N–H and O–H groups in total. The van der Waals surface area contributed by atoms with E-state index in [1.54, 1.807) is 6.07 Å². The summed E-state index contributed by atoms with van der Waals surface area (Å²) in [7, 11) is 0. The van der Waals surface area contributed by atoms with E-state index in [0.29, 0.717) is 10.4 Å². The predicted octanol–water partition coefficient (Wildman–Crippen LogP) is 3.65. The van der Waals surface area contributed by atoms with Crippen molar-refractivity contribution in [3.05, 3.63) is 44.9 Å². The number of carboxylic acid groups (broad SMARTS) is 2. The van der Waals surface area contributed by atoms with E-state index in [1.807, 2.05) is 0 Å². The van der Waals surface area contributed by atoms with E-state index < -0.39 is 11.9 Å². The molecule has 0 atom stereocenters. The Hall–Kier alpha value is -1.59. The molecule has 0 unspecified atom stereocenters. The minimum Gasteiger partial charge on any atom is -0.478 e. The second-order valence-corrected chi connectivity index (χ2v) is 4.82. The van der Waals surface area contributed by atoms with Gasteiger partial charge in [0.15, 0.2) is 0 Å². The first-order valence-electron chi connectivity index (χ1n) is 4.80. The van der Waals surface area contributed by atoms with Crippen molar-refractivity contribution in [2.75, 3.05) is 0 Å². The van der Waals surface area contributed by atoms with Crippen LogP contribution in [0.2, 0.25) is 5.02 Å². The third-order valence-corrected chi connectivity index (χ3v) is 3.45. The molecule has 2 aromatic carbocycles. The average Bonchev–Trinajstić information content (AvgIpc) is 2.27. The fourth-order valence-electron chi connectivity index (χ4n) is 1.79. The van der Waals surface area contributed by atoms with Gasteiger partial charge in [0, 0.05) is 20.3 Å². The van der Waals surface area contributed by atoms with Gasteiger partial charge in [-0.25, -0.2) is 9.59 Å². The van der Waals surface area contributed by atoms with Gasteiger partial charge in [0.2, 0.25) is 0 Å². The summed E-state index contributed by atoms with van der Waals surface area (Å²) in [6.07, 6.45) is 0. The van der Waals surface area contributed by atoms with E-state index in [4.69, 9.17) is 16.7 Å². The van der Waals surface area contributed by atoms with Crippen LogP contribution in [-0.2, 0) is 0 Å². The number of hydrogen-bond acceptors (Lipinski definition) is 2. The van der Waals surface area contributed by atoms with Crippen molar-refractivity contribution < 1.29 is 19.8 Å². The van der Waals surface area contributed by atoms with Gasteiger partial charge in [0.05, 0.1) is 11.1 Å². The Morgan fingerprint density at radius 1 is 1.17 bits per heavy atom. The molecular formula is C12H6BrClO4. The fraction of sp³-hybridized carbons (Fsp3) is 0. The summed E-state index contributed by atoms with van der Waals surface area (Å²) in [6, 6.07) is 5.90. The molecule has 0 aliphatic rings. The highest BCUT2D eigenvalue weighted by atomic mass is 79.9. The quantitative estimate of drug-likeness (QED) is 0.882. The maximum Gasteiger partial charge on any atom is 0.337 e. The predicted molar refractivity (Wildman–Crippen MR) is 70.6 cm³/mol. The lowest BCUT2D eigenvalue weighted by atomic mass is 9.99. The zero-order chi connectivity index (χ0) is 13.4. The molecule has 92 valence electrons. The van der Waals surface area contributed by atoms with E-state index in [0.717, 1.165) is 0 Å². The van der Waals surface area contributed by atoms with Crippen molar-refractivity contribution >= 4 is 50.2 Å². The minimum atomic E-state index is -1.21. The standard InChI is InChI=1S/C12H6BrClO4/c13-7-4-8(14)5-2-1-3-6(11(15)16)9(5)10(7)12(17)18/h1-4H,(H,15,16)(H,17,18). The molecule has 0 saturated carbocycles. The zero-order valence-corrected chi connectivity index (χ0v) is 11.1. The van der Waals surface area contributed by atoms with Crippen molar-refractivity contribution in [3.8, 4) is 0 Å². The van der Waals surface area contributed by atoms with Gasteiger partial charge in [-0.05, 0) is 28.1 Å². The van der Waals surface area contributed by atoms with Gasteiger partial charge in [-0.15, -0.1) is 0 Å². The van der Waals surface area contributed by atoms with Crippen LogP contribution in [0.15, 0.2) is 28.7 Å². The molecule has 0 aromatic heterocycles. The normalized spacial score (nSPS) is 10.6. The number of hydrogen-bond donors (Lipinski definition) is 2. The van der Waals surface area contributed by atoms with Crippen LogP contribution in [0.1, 0.15) is 20.7 Å². The summed E-state index contributed by atoms with van der Waals surface area (Å²) in [5, 5.41) is 19.1. The molecule has 2 aromatic rings. The fourth-order valence-corrected chi connectivity index (χ4v) is 2.78. The number of fused-ring (bicyclic) bond motifs is 1. The Morgan fingerprint density at radius 2 is 1.83 bits per heavy atom. The van der Waals surface area contributed by atoms with E-state index in [9.17, 15) is 14.7 Å². The van der Waals surface area contributed by atoms with E-state index in [1.165, 1.54) is 18.2 Å². The molecule has 0 saturated heterocycles. The molecule has 0 bridgehead atoms. The lowest BCUT2D eigenvalue weighted by molar-refractivity contribution is 0.0695. The van der Waals surface area contributed by atoms with Crippen LogP contribution < -0.4 is 0 Å². The molecule has 0 heterocycles. The van der Waals surface area contributed by atoms with Gasteiger partial charge in [0.1, 0.15) is 0 Å². The summed E-state index contributed by atoms with van der Waals surface area (Å²) >= 11 is 9.09. The van der Waals surface area contributed by atoms with Gasteiger partial charge in [-0.2, -0.15) is 0 Å². The third-order valence-electron chi connectivity index (χ3n) is 2.51. The highest BCUT2D eigenvalue weighted by Crippen LogP contribution is 2.34. The van der Waals surface area contributed by atoms with Crippen molar-refractivity contribution in [1.29, 1.82) is 0 Å². The van der Waals surface area contributed by atoms with Gasteiger partial charge in [-0.1, -0.05) is 23.7 Å². The first-order valence-corrected chi connectivity index (χ1v) is 5.98. The lowest BCUT2D eigenvalue weighted by Crippen LogP contribution is -2.05. The molecule has 2 rings (SSSR count). The number of halogens is 2. The number of benzene rings is 2. The molecule has 0 spiro atoms. The van der Waals surface area contributed by atoms with Crippen LogP contribution >= 0.6 is 27.5 Å². The lowest BCUT2D eigenvalue weighted by Gasteiger charge is -2.09. The zero-order valence-electron chi connectivity index (χ0n) is 8.78. The molecule has 0 radical (unpaired) electrons. The molecule has 18 heavy (non-hydrogen) atoms. The second-order valence-electron chi connectivity index (χ2n) is 3.55. The average molecular weight is 330 g/mol. The van der Waals surface area contributed by atoms with Crippen molar-refractivity contribution in [1.82, 2.24) is 0 Å². The molecular weight excluding hydrogens is 323 g/mol. The maximum absolute atomic E-state index is 11.3. The molecule has 0 aliphatic carbocycles. The van der Waals surface area contributed by atoms with Crippen molar-refractivity contribution in [2.24, 2.45) is 0 Å². The summed E-state index contributed by atoms with van der Waals surface area (Å²) < 4.78 is 0.251. The SMILES string of the molecule is O=C(O)c1cccc2c(Cl)cc(Br)c(C(=O)O)c12. The Labute approximate surface area is 115 Å². The topological polar surface area (TPSA) is 74.6 Å². The summed E-state index contributed by atoms with van der Waals surface area (Å²) in [4.78, 5) is 22.4. The first kappa shape index (κ1) is 12.9. The van der Waals surface area contributed by atoms with Gasteiger partial charge in [0.25, 0.3) is 0 Å². The van der Waals surface area contributed by atoms with E-state index in [-0.39, 0.29) is 21.0 Å². The van der Waals surface area contributed by atoms with Crippen LogP contribution in [0.25, 0.3) is 10.8 Å². The van der Waals surface area contributed by atoms with Crippen LogP contribution in [0.5, 0.6) is 0 Å². The second kappa shape index (κ2) is 4.59. The van der Waals surface area contributed by atoms with E-state index in [2.05, 4.69) is 15.9 Å². The molecule has 6 heteroatoms. The largest absolute Gasteiger partial charge is 0.478 e. The summed E-state index contributed by atoms with van der Waals surface area (Å²) in [5.74, 6) is -2.41. The van der Waals surface area contributed by atoms with Gasteiger partial charge < -0.3 is 10.2 Å². The molecule has 0 amide bonds. The number of carboxylic acids is 2. The molecule has 4 nitrogen and oxygen atoms in total. The molecule has 0 fully saturated rings. The van der Waals surface area contributed by atoms with Crippen LogP contribution in [-0.4, -0.2) is 22.2 Å². The van der Waals surface area contributed by atoms with Crippen LogP contribution in [0, 0.1) is 0 Å². The van der Waals surface area contributed by atoms with Crippen LogP contribution in [0.4, 0.5) is 0 Å². The Morgan fingerprint density at radius 3 is 2.39 bits per heavy atom. The van der Waals surface area contributed by atoms with Crippen molar-refractivity contribution in [2.45, 2.75) is 0 Å². The monoisotopic (exact) mass is 328 g/mol. The number of carbonyl (C=O) groups is 2. The highest BCUT2D eigenvalue weighted by Gasteiger charge is 2.20. The maximum atomic E-state index is 11.3. The summed E-state index contributed by atoms with van der Waals surface area (Å²) in [5.41, 5.74) is -0.194. The molecule has 0 aliphatic heterocycles. The Kier molecular flexibility index (Phi) is 3.28. The van der Waals surface area contributed by atoms with Gasteiger partial charge >= 0.3 is 11.9 Å². The summed E-state index contributed by atoms with van der Waals surface area (Å²) in [6.45, 7) is 0.